The van der Waals surface area contributed by atoms with Crippen molar-refractivity contribution in [3.05, 3.63) is 24.0 Å². The first-order valence-electron chi connectivity index (χ1n) is 5.09. The summed E-state index contributed by atoms with van der Waals surface area (Å²) in [5.74, 6) is 0.710. The van der Waals surface area contributed by atoms with Gasteiger partial charge in [-0.3, -0.25) is 4.98 Å². The van der Waals surface area contributed by atoms with Crippen LogP contribution in [-0.4, -0.2) is 16.5 Å². The fourth-order valence-electron chi connectivity index (χ4n) is 1.15. The van der Waals surface area contributed by atoms with Gasteiger partial charge in [-0.05, 0) is 24.5 Å². The molecule has 0 fully saturated rings. The molecule has 3 nitrogen and oxygen atoms in total. The summed E-state index contributed by atoms with van der Waals surface area (Å²) < 4.78 is 0. The van der Waals surface area contributed by atoms with Gasteiger partial charge in [0.05, 0.1) is 17.6 Å². The van der Waals surface area contributed by atoms with E-state index in [1.165, 1.54) is 0 Å². The van der Waals surface area contributed by atoms with Crippen LogP contribution in [0.4, 0.5) is 5.69 Å². The van der Waals surface area contributed by atoms with Crippen molar-refractivity contribution in [2.24, 2.45) is 11.7 Å². The molecule has 0 spiro atoms. The minimum atomic E-state index is 0.337. The number of rotatable bonds is 5. The quantitative estimate of drug-likeness (QED) is 0.751. The molecular formula is C11H17N3S. The van der Waals surface area contributed by atoms with E-state index < -0.39 is 0 Å². The topological polar surface area (TPSA) is 50.9 Å². The molecular weight excluding hydrogens is 206 g/mol. The molecule has 4 heteroatoms. The summed E-state index contributed by atoms with van der Waals surface area (Å²) in [6, 6.07) is 3.78. The summed E-state index contributed by atoms with van der Waals surface area (Å²) >= 11 is 4.82. The van der Waals surface area contributed by atoms with Crippen LogP contribution in [0, 0.1) is 5.92 Å². The van der Waals surface area contributed by atoms with Crippen LogP contribution in [0.15, 0.2) is 18.3 Å². The van der Waals surface area contributed by atoms with Crippen LogP contribution in [0.3, 0.4) is 0 Å². The molecule has 1 aromatic heterocycles. The largest absolute Gasteiger partial charge is 0.388 e. The SMILES string of the molecule is CC(C)CCNc1ccc(C(N)=S)nc1. The average Bonchev–Trinajstić information content (AvgIpc) is 2.18. The van der Waals surface area contributed by atoms with E-state index in [9.17, 15) is 0 Å². The highest BCUT2D eigenvalue weighted by Crippen LogP contribution is 2.07. The van der Waals surface area contributed by atoms with Crippen LogP contribution >= 0.6 is 12.2 Å². The summed E-state index contributed by atoms with van der Waals surface area (Å²) in [5.41, 5.74) is 7.13. The predicted octanol–water partition coefficient (Wildman–Crippen LogP) is 2.17. The Morgan fingerprint density at radius 3 is 2.73 bits per heavy atom. The fraction of sp³-hybridized carbons (Fsp3) is 0.455. The number of thiocarbonyl (C=S) groups is 1. The Morgan fingerprint density at radius 2 is 2.27 bits per heavy atom. The molecule has 0 amide bonds. The Balaban J connectivity index is 2.46. The van der Waals surface area contributed by atoms with Crippen molar-refractivity contribution < 1.29 is 0 Å². The normalized spacial score (nSPS) is 10.3. The number of nitrogens with one attached hydrogen (secondary N) is 1. The fourth-order valence-corrected chi connectivity index (χ4v) is 1.27. The molecule has 0 bridgehead atoms. The van der Waals surface area contributed by atoms with Crippen LogP contribution in [-0.2, 0) is 0 Å². The number of nitrogens with zero attached hydrogens (tertiary/aromatic N) is 1. The van der Waals surface area contributed by atoms with E-state index in [0.717, 1.165) is 18.7 Å². The molecule has 0 radical (unpaired) electrons. The lowest BCUT2D eigenvalue weighted by Gasteiger charge is -2.08. The molecule has 0 saturated carbocycles. The van der Waals surface area contributed by atoms with Crippen LogP contribution in [0.5, 0.6) is 0 Å². The van der Waals surface area contributed by atoms with E-state index in [-0.39, 0.29) is 0 Å². The van der Waals surface area contributed by atoms with Gasteiger partial charge < -0.3 is 11.1 Å². The van der Waals surface area contributed by atoms with Crippen molar-refractivity contribution in [2.75, 3.05) is 11.9 Å². The van der Waals surface area contributed by atoms with Gasteiger partial charge in [-0.2, -0.15) is 0 Å². The zero-order chi connectivity index (χ0) is 11.3. The van der Waals surface area contributed by atoms with Crippen molar-refractivity contribution in [1.29, 1.82) is 0 Å². The number of anilines is 1. The number of aromatic nitrogens is 1. The minimum Gasteiger partial charge on any atom is -0.388 e. The lowest BCUT2D eigenvalue weighted by molar-refractivity contribution is 0.607. The molecule has 0 aliphatic heterocycles. The van der Waals surface area contributed by atoms with Gasteiger partial charge in [-0.15, -0.1) is 0 Å². The van der Waals surface area contributed by atoms with Crippen molar-refractivity contribution in [2.45, 2.75) is 20.3 Å². The lowest BCUT2D eigenvalue weighted by atomic mass is 10.1. The Bertz CT molecular complexity index is 319. The van der Waals surface area contributed by atoms with E-state index in [1.807, 2.05) is 12.1 Å². The van der Waals surface area contributed by atoms with Crippen molar-refractivity contribution in [1.82, 2.24) is 4.98 Å². The average molecular weight is 223 g/mol. The molecule has 3 N–H and O–H groups in total. The number of pyridine rings is 1. The Hall–Kier alpha value is -1.16. The van der Waals surface area contributed by atoms with E-state index in [0.29, 0.717) is 16.6 Å². The van der Waals surface area contributed by atoms with E-state index in [1.54, 1.807) is 6.20 Å². The van der Waals surface area contributed by atoms with Gasteiger partial charge in [0, 0.05) is 6.54 Å². The molecule has 1 aromatic rings. The summed E-state index contributed by atoms with van der Waals surface area (Å²) in [6.07, 6.45) is 2.91. The van der Waals surface area contributed by atoms with Gasteiger partial charge in [0.2, 0.25) is 0 Å². The highest BCUT2D eigenvalue weighted by molar-refractivity contribution is 7.80. The second-order valence-electron chi connectivity index (χ2n) is 3.91. The Labute approximate surface area is 96.1 Å². The molecule has 0 saturated heterocycles. The summed E-state index contributed by atoms with van der Waals surface area (Å²) in [6.45, 7) is 5.37. The number of hydrogen-bond acceptors (Lipinski definition) is 3. The van der Waals surface area contributed by atoms with E-state index in [4.69, 9.17) is 18.0 Å². The lowest BCUT2D eigenvalue weighted by Crippen LogP contribution is -2.12. The van der Waals surface area contributed by atoms with Crippen LogP contribution < -0.4 is 11.1 Å². The standard InChI is InChI=1S/C11H17N3S/c1-8(2)5-6-13-9-3-4-10(11(12)15)14-7-9/h3-4,7-8,13H,5-6H2,1-2H3,(H2,12,15). The first kappa shape index (κ1) is 11.9. The maximum atomic E-state index is 5.45. The van der Waals surface area contributed by atoms with Gasteiger partial charge in [0.15, 0.2) is 0 Å². The van der Waals surface area contributed by atoms with Crippen molar-refractivity contribution in [3.63, 3.8) is 0 Å². The molecule has 1 heterocycles. The zero-order valence-corrected chi connectivity index (χ0v) is 9.97. The minimum absolute atomic E-state index is 0.337. The molecule has 0 aromatic carbocycles. The molecule has 0 aliphatic carbocycles. The smallest absolute Gasteiger partial charge is 0.122 e. The third kappa shape index (κ3) is 4.25. The Kier molecular flexibility index (Phi) is 4.49. The van der Waals surface area contributed by atoms with Crippen molar-refractivity contribution in [3.8, 4) is 0 Å². The maximum Gasteiger partial charge on any atom is 0.122 e. The molecule has 15 heavy (non-hydrogen) atoms. The maximum absolute atomic E-state index is 5.45. The van der Waals surface area contributed by atoms with Crippen LogP contribution in [0.2, 0.25) is 0 Å². The predicted molar refractivity (Wildman–Crippen MR) is 68.1 cm³/mol. The third-order valence-corrected chi connectivity index (χ3v) is 2.28. The molecule has 0 atom stereocenters. The first-order chi connectivity index (χ1) is 7.09. The zero-order valence-electron chi connectivity index (χ0n) is 9.16. The summed E-state index contributed by atoms with van der Waals surface area (Å²) in [5, 5.41) is 3.30. The highest BCUT2D eigenvalue weighted by atomic mass is 32.1. The van der Waals surface area contributed by atoms with E-state index in [2.05, 4.69) is 24.1 Å². The van der Waals surface area contributed by atoms with Crippen molar-refractivity contribution >= 4 is 22.9 Å². The number of nitrogens with two attached hydrogens (primary N) is 1. The number of hydrogen-bond donors (Lipinski definition) is 2. The first-order valence-corrected chi connectivity index (χ1v) is 5.50. The van der Waals surface area contributed by atoms with Gasteiger partial charge >= 0.3 is 0 Å². The second kappa shape index (κ2) is 5.66. The highest BCUT2D eigenvalue weighted by Gasteiger charge is 1.98. The molecule has 0 aliphatic rings. The molecule has 0 unspecified atom stereocenters. The molecule has 1 rings (SSSR count). The Morgan fingerprint density at radius 1 is 1.53 bits per heavy atom. The second-order valence-corrected chi connectivity index (χ2v) is 4.35. The van der Waals surface area contributed by atoms with E-state index >= 15 is 0 Å². The molecule has 82 valence electrons. The monoisotopic (exact) mass is 223 g/mol. The van der Waals surface area contributed by atoms with Crippen LogP contribution in [0.25, 0.3) is 0 Å². The van der Waals surface area contributed by atoms with Gasteiger partial charge in [0.25, 0.3) is 0 Å². The third-order valence-electron chi connectivity index (χ3n) is 2.07. The van der Waals surface area contributed by atoms with Gasteiger partial charge in [-0.25, -0.2) is 0 Å². The van der Waals surface area contributed by atoms with Gasteiger partial charge in [-0.1, -0.05) is 26.1 Å². The van der Waals surface area contributed by atoms with Gasteiger partial charge in [0.1, 0.15) is 4.99 Å². The van der Waals surface area contributed by atoms with Crippen LogP contribution in [0.1, 0.15) is 26.0 Å². The summed E-state index contributed by atoms with van der Waals surface area (Å²) in [4.78, 5) is 4.48. The summed E-state index contributed by atoms with van der Waals surface area (Å²) in [7, 11) is 0.